The van der Waals surface area contributed by atoms with Crippen LogP contribution in [0.3, 0.4) is 0 Å². The van der Waals surface area contributed by atoms with Gasteiger partial charge < -0.3 is 19.3 Å². The molecule has 0 aromatic heterocycles. The Morgan fingerprint density at radius 1 is 1.04 bits per heavy atom. The fraction of sp³-hybridized carbons (Fsp3) is 0.350. The van der Waals surface area contributed by atoms with Crippen molar-refractivity contribution in [3.63, 3.8) is 0 Å². The first-order chi connectivity index (χ1) is 12.2. The van der Waals surface area contributed by atoms with Crippen molar-refractivity contribution in [1.82, 2.24) is 0 Å². The molecule has 2 fully saturated rings. The van der Waals surface area contributed by atoms with Crippen LogP contribution >= 0.6 is 0 Å². The van der Waals surface area contributed by atoms with Gasteiger partial charge in [-0.1, -0.05) is 36.4 Å². The Labute approximate surface area is 143 Å². The lowest BCUT2D eigenvalue weighted by Crippen LogP contribution is -2.64. The lowest BCUT2D eigenvalue weighted by Gasteiger charge is -2.47. The molecule has 5 nitrogen and oxygen atoms in total. The molecular weight excluding hydrogens is 320 g/mol. The highest BCUT2D eigenvalue weighted by Gasteiger charge is 2.70. The monoisotopic (exact) mass is 336 g/mol. The molecule has 2 heterocycles. The number of hydrogen-bond donors (Lipinski definition) is 1. The van der Waals surface area contributed by atoms with Crippen molar-refractivity contribution in [3.05, 3.63) is 48.6 Å². The van der Waals surface area contributed by atoms with Crippen molar-refractivity contribution >= 4 is 16.6 Å². The molecule has 126 valence electrons. The number of ketones is 1. The summed E-state index contributed by atoms with van der Waals surface area (Å²) in [5.41, 5.74) is 0. The molecule has 6 rings (SSSR count). The van der Waals surface area contributed by atoms with Gasteiger partial charge in [0.15, 0.2) is 0 Å². The van der Waals surface area contributed by atoms with E-state index in [1.165, 1.54) is 0 Å². The molecular formula is C20H16O5. The molecule has 1 spiro atoms. The highest BCUT2D eigenvalue weighted by molar-refractivity contribution is 5.94. The molecule has 5 atom stereocenters. The number of Topliss-reactive ketones (excluding diaryl/α,β-unsaturated/α-hetero) is 1. The second-order valence-electron chi connectivity index (χ2n) is 7.22. The minimum Gasteiger partial charge on any atom is -0.448 e. The number of ether oxygens (including phenoxy) is 3. The third kappa shape index (κ3) is 1.58. The summed E-state index contributed by atoms with van der Waals surface area (Å²) >= 11 is 0. The largest absolute Gasteiger partial charge is 0.448 e. The average Bonchev–Trinajstić information content (AvgIpc) is 2.81. The van der Waals surface area contributed by atoms with Crippen LogP contribution in [0.5, 0.6) is 11.5 Å². The fourth-order valence-corrected chi connectivity index (χ4v) is 4.96. The Kier molecular flexibility index (Phi) is 2.45. The average molecular weight is 336 g/mol. The van der Waals surface area contributed by atoms with Gasteiger partial charge >= 0.3 is 0 Å². The maximum absolute atomic E-state index is 12.6. The molecule has 2 aliphatic heterocycles. The van der Waals surface area contributed by atoms with Crippen molar-refractivity contribution in [2.24, 2.45) is 11.8 Å². The van der Waals surface area contributed by atoms with Crippen LogP contribution in [0.4, 0.5) is 0 Å². The SMILES string of the molecule is O=C1CC2OC3C=CC(O)C1C3C21Oc2cccc3cccc(c23)O1. The Morgan fingerprint density at radius 2 is 1.76 bits per heavy atom. The first-order valence-corrected chi connectivity index (χ1v) is 8.62. The molecule has 4 aliphatic rings. The maximum Gasteiger partial charge on any atom is 0.284 e. The molecule has 25 heavy (non-hydrogen) atoms. The van der Waals surface area contributed by atoms with E-state index in [1.807, 2.05) is 42.5 Å². The van der Waals surface area contributed by atoms with E-state index in [4.69, 9.17) is 14.2 Å². The lowest BCUT2D eigenvalue weighted by molar-refractivity contribution is -0.206. The smallest absolute Gasteiger partial charge is 0.284 e. The highest BCUT2D eigenvalue weighted by Crippen LogP contribution is 2.56. The Hall–Kier alpha value is -2.37. The van der Waals surface area contributed by atoms with E-state index in [0.717, 1.165) is 22.3 Å². The second-order valence-corrected chi connectivity index (χ2v) is 7.22. The molecule has 2 aliphatic carbocycles. The number of carbonyl (C=O) groups is 1. The van der Waals surface area contributed by atoms with E-state index in [0.29, 0.717) is 0 Å². The quantitative estimate of drug-likeness (QED) is 0.747. The number of benzene rings is 2. The zero-order valence-corrected chi connectivity index (χ0v) is 13.3. The van der Waals surface area contributed by atoms with Crippen LogP contribution in [-0.2, 0) is 9.53 Å². The predicted octanol–water partition coefficient (Wildman–Crippen LogP) is 2.21. The minimum absolute atomic E-state index is 0.0178. The molecule has 5 heteroatoms. The van der Waals surface area contributed by atoms with Gasteiger partial charge in [0.25, 0.3) is 5.79 Å². The molecule has 1 N–H and O–H groups in total. The van der Waals surface area contributed by atoms with E-state index >= 15 is 0 Å². The molecule has 1 saturated carbocycles. The van der Waals surface area contributed by atoms with Gasteiger partial charge in [-0.25, -0.2) is 0 Å². The van der Waals surface area contributed by atoms with Crippen molar-refractivity contribution in [2.75, 3.05) is 0 Å². The zero-order chi connectivity index (χ0) is 16.8. The van der Waals surface area contributed by atoms with Crippen LogP contribution in [0, 0.1) is 11.8 Å². The Balaban J connectivity index is 1.56. The van der Waals surface area contributed by atoms with Crippen LogP contribution in [0.1, 0.15) is 6.42 Å². The molecule has 5 unspecified atom stereocenters. The van der Waals surface area contributed by atoms with E-state index in [1.54, 1.807) is 6.08 Å². The first-order valence-electron chi connectivity index (χ1n) is 8.62. The van der Waals surface area contributed by atoms with Gasteiger partial charge in [-0.3, -0.25) is 4.79 Å². The van der Waals surface area contributed by atoms with Crippen molar-refractivity contribution < 1.29 is 24.1 Å². The van der Waals surface area contributed by atoms with Crippen LogP contribution in [0.15, 0.2) is 48.6 Å². The van der Waals surface area contributed by atoms with Gasteiger partial charge in [0.2, 0.25) is 0 Å². The Morgan fingerprint density at radius 3 is 2.48 bits per heavy atom. The van der Waals surface area contributed by atoms with E-state index in [2.05, 4.69) is 0 Å². The summed E-state index contributed by atoms with van der Waals surface area (Å²) in [6, 6.07) is 11.8. The predicted molar refractivity (Wildman–Crippen MR) is 88.3 cm³/mol. The lowest BCUT2D eigenvalue weighted by atomic mass is 9.67. The molecule has 0 amide bonds. The summed E-state index contributed by atoms with van der Waals surface area (Å²) in [6.07, 6.45) is 2.09. The summed E-state index contributed by atoms with van der Waals surface area (Å²) in [5.74, 6) is -0.487. The van der Waals surface area contributed by atoms with Gasteiger partial charge in [-0.05, 0) is 17.5 Å². The van der Waals surface area contributed by atoms with E-state index in [9.17, 15) is 9.90 Å². The standard InChI is InChI=1S/C20H16O5/c21-11-7-8-15-19-18(11)12(22)9-16(23-15)20(19)24-13-5-1-3-10-4-2-6-14(25-20)17(10)13/h1-8,11,15-16,18-19,21H,9H2. The molecule has 1 saturated heterocycles. The summed E-state index contributed by atoms with van der Waals surface area (Å²) < 4.78 is 18.9. The fourth-order valence-electron chi connectivity index (χ4n) is 4.96. The minimum atomic E-state index is -1.07. The van der Waals surface area contributed by atoms with Crippen LogP contribution in [0.25, 0.3) is 10.8 Å². The van der Waals surface area contributed by atoms with Crippen molar-refractivity contribution in [1.29, 1.82) is 0 Å². The van der Waals surface area contributed by atoms with Crippen molar-refractivity contribution in [2.45, 2.75) is 30.5 Å². The second kappa shape index (κ2) is 4.42. The third-order valence-electron chi connectivity index (χ3n) is 5.97. The van der Waals surface area contributed by atoms with E-state index < -0.39 is 23.9 Å². The first kappa shape index (κ1) is 13.9. The van der Waals surface area contributed by atoms with Gasteiger partial charge in [0, 0.05) is 6.42 Å². The molecule has 0 radical (unpaired) electrons. The number of aliphatic hydroxyl groups is 1. The van der Waals surface area contributed by atoms with Gasteiger partial charge in [0.05, 0.1) is 29.4 Å². The number of rotatable bonds is 0. The van der Waals surface area contributed by atoms with Gasteiger partial charge in [-0.15, -0.1) is 0 Å². The normalized spacial score (nSPS) is 36.4. The topological polar surface area (TPSA) is 65.0 Å². The zero-order valence-electron chi connectivity index (χ0n) is 13.3. The van der Waals surface area contributed by atoms with E-state index in [-0.39, 0.29) is 24.2 Å². The number of hydrogen-bond acceptors (Lipinski definition) is 5. The highest BCUT2D eigenvalue weighted by atomic mass is 16.7. The summed E-state index contributed by atoms with van der Waals surface area (Å²) in [7, 11) is 0. The Bertz CT molecular complexity index is 908. The summed E-state index contributed by atoms with van der Waals surface area (Å²) in [5, 5.41) is 12.4. The maximum atomic E-state index is 12.6. The van der Waals surface area contributed by atoms with Crippen LogP contribution in [-0.4, -0.2) is 35.0 Å². The molecule has 2 bridgehead atoms. The number of carbonyl (C=O) groups excluding carboxylic acids is 1. The van der Waals surface area contributed by atoms with Crippen molar-refractivity contribution in [3.8, 4) is 11.5 Å². The van der Waals surface area contributed by atoms with Crippen LogP contribution < -0.4 is 9.47 Å². The van der Waals surface area contributed by atoms with Gasteiger partial charge in [-0.2, -0.15) is 0 Å². The third-order valence-corrected chi connectivity index (χ3v) is 5.97. The molecule has 2 aromatic carbocycles. The molecule has 2 aromatic rings. The summed E-state index contributed by atoms with van der Waals surface area (Å²) in [4.78, 5) is 12.6. The number of aliphatic hydroxyl groups excluding tert-OH is 1. The van der Waals surface area contributed by atoms with Gasteiger partial charge in [0.1, 0.15) is 23.4 Å². The van der Waals surface area contributed by atoms with Crippen LogP contribution in [0.2, 0.25) is 0 Å². The summed E-state index contributed by atoms with van der Waals surface area (Å²) in [6.45, 7) is 0.